The van der Waals surface area contributed by atoms with Crippen molar-refractivity contribution in [3.63, 3.8) is 0 Å². The summed E-state index contributed by atoms with van der Waals surface area (Å²) in [6.45, 7) is 7.07. The molecule has 0 spiro atoms. The predicted molar refractivity (Wildman–Crippen MR) is 94.6 cm³/mol. The number of unbranched alkanes of at least 4 members (excludes halogenated alkanes) is 1. The van der Waals surface area contributed by atoms with Crippen LogP contribution in [0.2, 0.25) is 0 Å². The van der Waals surface area contributed by atoms with E-state index in [-0.39, 0.29) is 17.3 Å². The van der Waals surface area contributed by atoms with Gasteiger partial charge in [0, 0.05) is 17.8 Å². The largest absolute Gasteiger partial charge is 0.494 e. The van der Waals surface area contributed by atoms with Crippen molar-refractivity contribution < 1.29 is 13.9 Å². The minimum atomic E-state index is -0.524. The monoisotopic (exact) mass is 350 g/mol. The number of hydrogen-bond donors (Lipinski definition) is 0. The zero-order chi connectivity index (χ0) is 17.7. The highest BCUT2D eigenvalue weighted by molar-refractivity contribution is 7.99. The number of carbonyl (C=O) groups is 1. The molecule has 0 saturated heterocycles. The number of Topliss-reactive ketones (excluding diaryl/α,β-unsaturated/α-hetero) is 1. The number of ether oxygens (including phenoxy) is 1. The number of aromatic nitrogens is 2. The Kier molecular flexibility index (Phi) is 6.43. The van der Waals surface area contributed by atoms with Crippen LogP contribution in [0.4, 0.5) is 4.39 Å². The molecule has 2 aromatic rings. The van der Waals surface area contributed by atoms with Crippen molar-refractivity contribution in [2.45, 2.75) is 45.3 Å². The number of nitrogens with zero attached hydrogens (tertiary/aromatic N) is 2. The zero-order valence-electron chi connectivity index (χ0n) is 14.6. The third-order valence-corrected chi connectivity index (χ3v) is 4.94. The molecular weight excluding hydrogens is 327 g/mol. The minimum Gasteiger partial charge on any atom is -0.494 e. The Balaban J connectivity index is 2.09. The number of hydrogen-bond acceptors (Lipinski definition) is 4. The molecule has 0 amide bonds. The molecule has 4 nitrogen and oxygen atoms in total. The zero-order valence-corrected chi connectivity index (χ0v) is 15.4. The lowest BCUT2D eigenvalue weighted by atomic mass is 10.1. The number of rotatable bonds is 8. The molecule has 0 saturated carbocycles. The van der Waals surface area contributed by atoms with Crippen LogP contribution in [0, 0.1) is 19.7 Å². The first kappa shape index (κ1) is 18.5. The van der Waals surface area contributed by atoms with Crippen LogP contribution in [0.3, 0.4) is 0 Å². The van der Waals surface area contributed by atoms with Crippen LogP contribution >= 0.6 is 11.8 Å². The van der Waals surface area contributed by atoms with Gasteiger partial charge in [0.2, 0.25) is 0 Å². The van der Waals surface area contributed by atoms with E-state index < -0.39 is 5.82 Å². The Bertz CT molecular complexity index is 728. The van der Waals surface area contributed by atoms with Crippen molar-refractivity contribution in [2.24, 2.45) is 0 Å². The van der Waals surface area contributed by atoms with Crippen molar-refractivity contribution >= 4 is 17.5 Å². The molecule has 130 valence electrons. The first-order valence-corrected chi connectivity index (χ1v) is 8.99. The molecule has 0 aliphatic rings. The van der Waals surface area contributed by atoms with Gasteiger partial charge in [-0.25, -0.2) is 9.37 Å². The van der Waals surface area contributed by atoms with Gasteiger partial charge in [-0.3, -0.25) is 4.79 Å². The summed E-state index contributed by atoms with van der Waals surface area (Å²) in [5.41, 5.74) is 2.46. The molecule has 1 heterocycles. The quantitative estimate of drug-likeness (QED) is 0.522. The Morgan fingerprint density at radius 3 is 2.75 bits per heavy atom. The first-order valence-electron chi connectivity index (χ1n) is 8.01. The Hall–Kier alpha value is -1.82. The minimum absolute atomic E-state index is 0.123. The van der Waals surface area contributed by atoms with Gasteiger partial charge in [0.15, 0.2) is 22.5 Å². The third-order valence-electron chi connectivity index (χ3n) is 3.96. The van der Waals surface area contributed by atoms with Gasteiger partial charge in [0.25, 0.3) is 0 Å². The number of methoxy groups -OCH3 is 1. The summed E-state index contributed by atoms with van der Waals surface area (Å²) in [5, 5.41) is 0.848. The average Bonchev–Trinajstić information content (AvgIpc) is 2.84. The van der Waals surface area contributed by atoms with E-state index in [1.807, 2.05) is 13.8 Å². The van der Waals surface area contributed by atoms with Gasteiger partial charge in [0.05, 0.1) is 18.6 Å². The molecule has 6 heteroatoms. The number of carbonyl (C=O) groups excluding carboxylic acids is 1. The average molecular weight is 350 g/mol. The summed E-state index contributed by atoms with van der Waals surface area (Å²) in [6.07, 6.45) is 2.17. The molecule has 0 atom stereocenters. The normalized spacial score (nSPS) is 10.9. The van der Waals surface area contributed by atoms with Gasteiger partial charge in [-0.05, 0) is 38.5 Å². The molecule has 0 fully saturated rings. The van der Waals surface area contributed by atoms with Gasteiger partial charge < -0.3 is 9.30 Å². The van der Waals surface area contributed by atoms with E-state index in [2.05, 4.69) is 16.5 Å². The Labute approximate surface area is 146 Å². The van der Waals surface area contributed by atoms with Crippen LogP contribution in [0.15, 0.2) is 23.4 Å². The van der Waals surface area contributed by atoms with Crippen LogP contribution in [0.1, 0.15) is 41.5 Å². The summed E-state index contributed by atoms with van der Waals surface area (Å²) >= 11 is 1.40. The van der Waals surface area contributed by atoms with Crippen molar-refractivity contribution in [3.8, 4) is 5.75 Å². The molecule has 0 aliphatic heterocycles. The second kappa shape index (κ2) is 8.33. The fraction of sp³-hybridized carbons (Fsp3) is 0.444. The molecule has 0 aliphatic carbocycles. The topological polar surface area (TPSA) is 44.1 Å². The Morgan fingerprint density at radius 1 is 1.38 bits per heavy atom. The molecule has 0 unspecified atom stereocenters. The Morgan fingerprint density at radius 2 is 2.12 bits per heavy atom. The fourth-order valence-corrected chi connectivity index (χ4v) is 3.38. The fourth-order valence-electron chi connectivity index (χ4n) is 2.37. The van der Waals surface area contributed by atoms with E-state index in [0.717, 1.165) is 35.9 Å². The highest BCUT2D eigenvalue weighted by Crippen LogP contribution is 2.24. The van der Waals surface area contributed by atoms with E-state index in [1.54, 1.807) is 6.07 Å². The molecule has 0 N–H and O–H groups in total. The number of thioether (sulfide) groups is 1. The van der Waals surface area contributed by atoms with Crippen molar-refractivity contribution in [1.82, 2.24) is 9.55 Å². The van der Waals surface area contributed by atoms with E-state index in [4.69, 9.17) is 4.74 Å². The van der Waals surface area contributed by atoms with E-state index in [0.29, 0.717) is 5.56 Å². The lowest BCUT2D eigenvalue weighted by Crippen LogP contribution is -2.06. The van der Waals surface area contributed by atoms with Crippen LogP contribution < -0.4 is 4.74 Å². The maximum Gasteiger partial charge on any atom is 0.173 e. The van der Waals surface area contributed by atoms with E-state index >= 15 is 0 Å². The van der Waals surface area contributed by atoms with Gasteiger partial charge in [-0.2, -0.15) is 0 Å². The lowest BCUT2D eigenvalue weighted by molar-refractivity contribution is 0.102. The number of ketones is 1. The highest BCUT2D eigenvalue weighted by atomic mass is 32.2. The van der Waals surface area contributed by atoms with Crippen molar-refractivity contribution in [1.29, 1.82) is 0 Å². The first-order chi connectivity index (χ1) is 11.5. The van der Waals surface area contributed by atoms with Gasteiger partial charge in [-0.1, -0.05) is 25.1 Å². The van der Waals surface area contributed by atoms with Crippen LogP contribution in [0.25, 0.3) is 0 Å². The number of imidazole rings is 1. The molecule has 1 aromatic heterocycles. The third kappa shape index (κ3) is 4.17. The second-order valence-electron chi connectivity index (χ2n) is 5.63. The molecule has 0 radical (unpaired) electrons. The summed E-state index contributed by atoms with van der Waals surface area (Å²) in [4.78, 5) is 16.9. The van der Waals surface area contributed by atoms with E-state index in [9.17, 15) is 9.18 Å². The summed E-state index contributed by atoms with van der Waals surface area (Å²) in [6, 6.07) is 4.29. The maximum absolute atomic E-state index is 13.7. The van der Waals surface area contributed by atoms with Gasteiger partial charge in [0.1, 0.15) is 0 Å². The number of aryl methyl sites for hydroxylation is 1. The van der Waals surface area contributed by atoms with Crippen LogP contribution in [0.5, 0.6) is 5.75 Å². The molecule has 2 rings (SSSR count). The summed E-state index contributed by atoms with van der Waals surface area (Å²) < 4.78 is 20.8. The molecule has 0 bridgehead atoms. The van der Waals surface area contributed by atoms with Crippen molar-refractivity contribution in [2.75, 3.05) is 12.9 Å². The van der Waals surface area contributed by atoms with Gasteiger partial charge >= 0.3 is 0 Å². The highest BCUT2D eigenvalue weighted by Gasteiger charge is 2.15. The SMILES string of the molecule is CCCCn1c(SCC(=O)c2ccc(OC)c(F)c2)nc(C)c1C. The lowest BCUT2D eigenvalue weighted by Gasteiger charge is -2.09. The predicted octanol–water partition coefficient (Wildman–Crippen LogP) is 4.42. The molecule has 24 heavy (non-hydrogen) atoms. The maximum atomic E-state index is 13.7. The second-order valence-corrected chi connectivity index (χ2v) is 6.57. The van der Waals surface area contributed by atoms with Crippen LogP contribution in [-0.2, 0) is 6.54 Å². The molecular formula is C18H23FN2O2S. The summed E-state index contributed by atoms with van der Waals surface area (Å²) in [5.74, 6) is -0.278. The van der Waals surface area contributed by atoms with Crippen LogP contribution in [-0.4, -0.2) is 28.2 Å². The summed E-state index contributed by atoms with van der Waals surface area (Å²) in [7, 11) is 1.40. The van der Waals surface area contributed by atoms with Gasteiger partial charge in [-0.15, -0.1) is 0 Å². The van der Waals surface area contributed by atoms with Crippen molar-refractivity contribution in [3.05, 3.63) is 41.0 Å². The smallest absolute Gasteiger partial charge is 0.173 e. The standard InChI is InChI=1S/C18H23FN2O2S/c1-5-6-9-21-13(3)12(2)20-18(21)24-11-16(22)14-7-8-17(23-4)15(19)10-14/h7-8,10H,5-6,9,11H2,1-4H3. The number of halogens is 1. The molecule has 1 aromatic carbocycles. The number of benzene rings is 1. The van der Waals surface area contributed by atoms with E-state index in [1.165, 1.54) is 31.0 Å².